The first-order valence-corrected chi connectivity index (χ1v) is 8.24. The number of rotatable bonds is 8. The molecule has 0 aliphatic heterocycles. The van der Waals surface area contributed by atoms with E-state index >= 15 is 0 Å². The van der Waals surface area contributed by atoms with Crippen molar-refractivity contribution in [3.05, 3.63) is 59.9 Å². The smallest absolute Gasteiger partial charge is 0.191 e. The highest BCUT2D eigenvalue weighted by molar-refractivity contribution is 5.79. The summed E-state index contributed by atoms with van der Waals surface area (Å²) in [6.45, 7) is 4.33. The molecule has 0 aliphatic rings. The fourth-order valence-electron chi connectivity index (χ4n) is 2.13. The van der Waals surface area contributed by atoms with Crippen LogP contribution in [-0.4, -0.2) is 32.8 Å². The number of nitrogens with one attached hydrogen (secondary N) is 2. The van der Waals surface area contributed by atoms with Crippen LogP contribution in [0.25, 0.3) is 0 Å². The molecule has 0 spiro atoms. The summed E-state index contributed by atoms with van der Waals surface area (Å²) < 4.78 is 23.8. The minimum absolute atomic E-state index is 0.243. The van der Waals surface area contributed by atoms with Gasteiger partial charge in [0.15, 0.2) is 5.96 Å². The summed E-state index contributed by atoms with van der Waals surface area (Å²) in [6.07, 6.45) is 0. The van der Waals surface area contributed by atoms with Crippen molar-refractivity contribution in [2.24, 2.45) is 4.99 Å². The lowest BCUT2D eigenvalue weighted by Crippen LogP contribution is -2.39. The SMILES string of the molecule is CCNC(=NCc1ccc(F)cc1)NCCOc1cccc(OC)c1. The summed E-state index contributed by atoms with van der Waals surface area (Å²) in [6, 6.07) is 13.8. The van der Waals surface area contributed by atoms with Gasteiger partial charge in [0.25, 0.3) is 0 Å². The average Bonchev–Trinajstić information content (AvgIpc) is 2.64. The number of aliphatic imine (C=N–C) groups is 1. The standard InChI is InChI=1S/C19H24FN3O2/c1-3-21-19(23-14-15-7-9-16(20)10-8-15)22-11-12-25-18-6-4-5-17(13-18)24-2/h4-10,13H,3,11-12,14H2,1-2H3,(H2,21,22,23). The van der Waals surface area contributed by atoms with Crippen molar-refractivity contribution >= 4 is 5.96 Å². The molecule has 0 aromatic heterocycles. The third kappa shape index (κ3) is 6.71. The molecular formula is C19H24FN3O2. The molecule has 2 aromatic carbocycles. The van der Waals surface area contributed by atoms with Gasteiger partial charge in [0.05, 0.1) is 20.2 Å². The van der Waals surface area contributed by atoms with Crippen LogP contribution in [0.3, 0.4) is 0 Å². The van der Waals surface area contributed by atoms with Gasteiger partial charge in [0.2, 0.25) is 0 Å². The molecule has 2 aromatic rings. The van der Waals surface area contributed by atoms with Crippen molar-refractivity contribution in [2.45, 2.75) is 13.5 Å². The third-order valence-corrected chi connectivity index (χ3v) is 3.38. The first kappa shape index (κ1) is 18.6. The van der Waals surface area contributed by atoms with Crippen LogP contribution in [0.2, 0.25) is 0 Å². The number of benzene rings is 2. The van der Waals surface area contributed by atoms with Crippen LogP contribution in [0.5, 0.6) is 11.5 Å². The number of hydrogen-bond acceptors (Lipinski definition) is 3. The number of nitrogens with zero attached hydrogens (tertiary/aromatic N) is 1. The van der Waals surface area contributed by atoms with Crippen molar-refractivity contribution in [2.75, 3.05) is 26.8 Å². The van der Waals surface area contributed by atoms with Crippen molar-refractivity contribution in [3.63, 3.8) is 0 Å². The van der Waals surface area contributed by atoms with Crippen LogP contribution in [0, 0.1) is 5.82 Å². The minimum atomic E-state index is -0.243. The third-order valence-electron chi connectivity index (χ3n) is 3.38. The molecule has 6 heteroatoms. The molecule has 0 saturated heterocycles. The molecule has 0 heterocycles. The number of guanidine groups is 1. The fourth-order valence-corrected chi connectivity index (χ4v) is 2.13. The van der Waals surface area contributed by atoms with Gasteiger partial charge in [-0.3, -0.25) is 0 Å². The molecule has 0 radical (unpaired) electrons. The van der Waals surface area contributed by atoms with Gasteiger partial charge in [-0.05, 0) is 36.8 Å². The highest BCUT2D eigenvalue weighted by Gasteiger charge is 2.00. The predicted molar refractivity (Wildman–Crippen MR) is 97.7 cm³/mol. The first-order valence-electron chi connectivity index (χ1n) is 8.24. The molecule has 0 bridgehead atoms. The van der Waals surface area contributed by atoms with Gasteiger partial charge < -0.3 is 20.1 Å². The van der Waals surface area contributed by atoms with Gasteiger partial charge in [0.1, 0.15) is 23.9 Å². The lowest BCUT2D eigenvalue weighted by Gasteiger charge is -2.12. The number of halogens is 1. The summed E-state index contributed by atoms with van der Waals surface area (Å²) in [4.78, 5) is 4.48. The maximum absolute atomic E-state index is 12.9. The van der Waals surface area contributed by atoms with Crippen LogP contribution in [-0.2, 0) is 6.54 Å². The minimum Gasteiger partial charge on any atom is -0.497 e. The molecule has 0 aliphatic carbocycles. The molecule has 0 unspecified atom stereocenters. The van der Waals surface area contributed by atoms with E-state index in [2.05, 4.69) is 15.6 Å². The molecule has 2 N–H and O–H groups in total. The van der Waals surface area contributed by atoms with Gasteiger partial charge in [-0.25, -0.2) is 9.38 Å². The molecule has 0 fully saturated rings. The Bertz CT molecular complexity index is 675. The lowest BCUT2D eigenvalue weighted by molar-refractivity contribution is 0.319. The number of hydrogen-bond donors (Lipinski definition) is 2. The van der Waals surface area contributed by atoms with E-state index in [1.165, 1.54) is 12.1 Å². The van der Waals surface area contributed by atoms with Gasteiger partial charge in [0, 0.05) is 12.6 Å². The Kier molecular flexibility index (Phi) is 7.56. The molecule has 0 amide bonds. The van der Waals surface area contributed by atoms with Crippen LogP contribution in [0.1, 0.15) is 12.5 Å². The summed E-state index contributed by atoms with van der Waals surface area (Å²) in [5.41, 5.74) is 0.950. The highest BCUT2D eigenvalue weighted by atomic mass is 19.1. The van der Waals surface area contributed by atoms with E-state index in [1.807, 2.05) is 31.2 Å². The van der Waals surface area contributed by atoms with Gasteiger partial charge >= 0.3 is 0 Å². The molecular weight excluding hydrogens is 321 g/mol. The number of ether oxygens (including phenoxy) is 2. The number of methoxy groups -OCH3 is 1. The quantitative estimate of drug-likeness (QED) is 0.439. The Hall–Kier alpha value is -2.76. The molecule has 5 nitrogen and oxygen atoms in total. The van der Waals surface area contributed by atoms with Gasteiger partial charge in [-0.1, -0.05) is 18.2 Å². The van der Waals surface area contributed by atoms with Gasteiger partial charge in [-0.15, -0.1) is 0 Å². The van der Waals surface area contributed by atoms with Crippen LogP contribution >= 0.6 is 0 Å². The zero-order chi connectivity index (χ0) is 17.9. The summed E-state index contributed by atoms with van der Waals surface area (Å²) >= 11 is 0. The van der Waals surface area contributed by atoms with E-state index in [4.69, 9.17) is 9.47 Å². The topological polar surface area (TPSA) is 54.9 Å². The molecule has 0 atom stereocenters. The first-order chi connectivity index (χ1) is 12.2. The Labute approximate surface area is 147 Å². The maximum Gasteiger partial charge on any atom is 0.191 e. The van der Waals surface area contributed by atoms with E-state index < -0.39 is 0 Å². The van der Waals surface area contributed by atoms with E-state index in [1.54, 1.807) is 19.2 Å². The van der Waals surface area contributed by atoms with Crippen LogP contribution in [0.4, 0.5) is 4.39 Å². The second-order valence-electron chi connectivity index (χ2n) is 5.28. The zero-order valence-electron chi connectivity index (χ0n) is 14.6. The second-order valence-corrected chi connectivity index (χ2v) is 5.28. The van der Waals surface area contributed by atoms with Gasteiger partial charge in [-0.2, -0.15) is 0 Å². The van der Waals surface area contributed by atoms with E-state index in [-0.39, 0.29) is 5.82 Å². The summed E-state index contributed by atoms with van der Waals surface area (Å²) in [5.74, 6) is 1.97. The van der Waals surface area contributed by atoms with Crippen molar-refractivity contribution in [1.82, 2.24) is 10.6 Å². The van der Waals surface area contributed by atoms with Crippen LogP contribution in [0.15, 0.2) is 53.5 Å². The maximum atomic E-state index is 12.9. The van der Waals surface area contributed by atoms with Crippen molar-refractivity contribution < 1.29 is 13.9 Å². The molecule has 25 heavy (non-hydrogen) atoms. The molecule has 2 rings (SSSR count). The van der Waals surface area contributed by atoms with E-state index in [9.17, 15) is 4.39 Å². The van der Waals surface area contributed by atoms with Crippen LogP contribution < -0.4 is 20.1 Å². The fraction of sp³-hybridized carbons (Fsp3) is 0.316. The molecule has 0 saturated carbocycles. The molecule has 134 valence electrons. The Morgan fingerprint density at radius 2 is 1.84 bits per heavy atom. The van der Waals surface area contributed by atoms with Crippen molar-refractivity contribution in [3.8, 4) is 11.5 Å². The predicted octanol–water partition coefficient (Wildman–Crippen LogP) is 2.97. The zero-order valence-corrected chi connectivity index (χ0v) is 14.6. The monoisotopic (exact) mass is 345 g/mol. The summed E-state index contributed by atoms with van der Waals surface area (Å²) in [5, 5.41) is 6.38. The second kappa shape index (κ2) is 10.2. The Morgan fingerprint density at radius 3 is 2.56 bits per heavy atom. The van der Waals surface area contributed by atoms with E-state index in [0.29, 0.717) is 25.7 Å². The van der Waals surface area contributed by atoms with E-state index in [0.717, 1.165) is 23.6 Å². The highest BCUT2D eigenvalue weighted by Crippen LogP contribution is 2.18. The van der Waals surface area contributed by atoms with Crippen molar-refractivity contribution in [1.29, 1.82) is 0 Å². The largest absolute Gasteiger partial charge is 0.497 e. The Balaban J connectivity index is 1.80. The summed E-state index contributed by atoms with van der Waals surface area (Å²) in [7, 11) is 1.63. The lowest BCUT2D eigenvalue weighted by atomic mass is 10.2. The Morgan fingerprint density at radius 1 is 1.08 bits per heavy atom. The normalized spacial score (nSPS) is 11.1. The average molecular weight is 345 g/mol.